The maximum Gasteiger partial charge on any atom is 0.143 e. The second-order valence-corrected chi connectivity index (χ2v) is 6.76. The average Bonchev–Trinajstić information content (AvgIpc) is 3.48. The summed E-state index contributed by atoms with van der Waals surface area (Å²) in [6.07, 6.45) is 6.15. The van der Waals surface area contributed by atoms with Gasteiger partial charge in [-0.15, -0.1) is 0 Å². The van der Waals surface area contributed by atoms with Crippen LogP contribution in [0.3, 0.4) is 0 Å². The van der Waals surface area contributed by atoms with Gasteiger partial charge in [-0.1, -0.05) is 0 Å². The van der Waals surface area contributed by atoms with Crippen molar-refractivity contribution >= 4 is 11.5 Å². The molecule has 128 valence electrons. The number of aromatic nitrogens is 2. The molecule has 1 aliphatic carbocycles. The fraction of sp³-hybridized carbons (Fsp3) is 0.421. The lowest BCUT2D eigenvalue weighted by Gasteiger charge is -2.34. The van der Waals surface area contributed by atoms with Gasteiger partial charge in [0.15, 0.2) is 0 Å². The first-order valence-corrected chi connectivity index (χ1v) is 8.77. The van der Waals surface area contributed by atoms with Crippen molar-refractivity contribution in [2.75, 3.05) is 23.3 Å². The van der Waals surface area contributed by atoms with Gasteiger partial charge in [0, 0.05) is 36.9 Å². The molecule has 1 aromatic heterocycles. The second kappa shape index (κ2) is 6.67. The predicted molar refractivity (Wildman–Crippen MR) is 94.0 cm³/mol. The summed E-state index contributed by atoms with van der Waals surface area (Å²) in [5.41, 5.74) is 0.934. The van der Waals surface area contributed by atoms with Crippen LogP contribution in [0, 0.1) is 17.1 Å². The molecule has 0 radical (unpaired) electrons. The van der Waals surface area contributed by atoms with Gasteiger partial charge in [0.25, 0.3) is 0 Å². The molecule has 2 aromatic rings. The Balaban J connectivity index is 1.36. The second-order valence-electron chi connectivity index (χ2n) is 6.76. The minimum absolute atomic E-state index is 0.0931. The third kappa shape index (κ3) is 3.55. The first-order chi connectivity index (χ1) is 12.2. The number of benzene rings is 1. The highest BCUT2D eigenvalue weighted by molar-refractivity contribution is 5.51. The highest BCUT2D eigenvalue weighted by atomic mass is 19.1. The van der Waals surface area contributed by atoms with Gasteiger partial charge in [-0.2, -0.15) is 5.26 Å². The molecule has 0 unspecified atom stereocenters. The van der Waals surface area contributed by atoms with Gasteiger partial charge in [-0.3, -0.25) is 0 Å². The molecule has 5 nitrogen and oxygen atoms in total. The van der Waals surface area contributed by atoms with Crippen LogP contribution in [0.4, 0.5) is 15.9 Å². The van der Waals surface area contributed by atoms with Crippen molar-refractivity contribution in [3.63, 3.8) is 0 Å². The number of hydrogen-bond acceptors (Lipinski definition) is 5. The van der Waals surface area contributed by atoms with Gasteiger partial charge in [0.2, 0.25) is 0 Å². The summed E-state index contributed by atoms with van der Waals surface area (Å²) in [6.45, 7) is 1.70. The van der Waals surface area contributed by atoms with E-state index in [1.807, 2.05) is 24.4 Å². The van der Waals surface area contributed by atoms with Gasteiger partial charge in [-0.25, -0.2) is 14.4 Å². The molecule has 4 rings (SSSR count). The Hall–Kier alpha value is -2.68. The molecule has 25 heavy (non-hydrogen) atoms. The van der Waals surface area contributed by atoms with Crippen molar-refractivity contribution in [3.05, 3.63) is 47.7 Å². The van der Waals surface area contributed by atoms with E-state index in [0.29, 0.717) is 12.0 Å². The Bertz CT molecular complexity index is 804. The number of rotatable bonds is 4. The molecule has 0 atom stereocenters. The van der Waals surface area contributed by atoms with Crippen LogP contribution in [0.5, 0.6) is 0 Å². The average molecular weight is 337 g/mol. The smallest absolute Gasteiger partial charge is 0.143 e. The Morgan fingerprint density at radius 1 is 1.16 bits per heavy atom. The van der Waals surface area contributed by atoms with E-state index in [0.717, 1.165) is 43.3 Å². The molecule has 2 heterocycles. The standard InChI is InChI=1S/C19H20FN5/c20-17-11-16(4-3-14(17)12-21)25-9-6-15(7-10-25)23-18-5-8-22-19(24-18)13-1-2-13/h3-5,8,11,13,15H,1-2,6-7,9-10H2,(H,22,23,24). The van der Waals surface area contributed by atoms with E-state index in [1.54, 1.807) is 6.07 Å². The van der Waals surface area contributed by atoms with Gasteiger partial charge in [0.05, 0.1) is 5.56 Å². The molecular formula is C19H20FN5. The quantitative estimate of drug-likeness (QED) is 0.926. The van der Waals surface area contributed by atoms with E-state index in [-0.39, 0.29) is 5.56 Å². The lowest BCUT2D eigenvalue weighted by molar-refractivity contribution is 0.524. The zero-order valence-corrected chi connectivity index (χ0v) is 14.0. The van der Waals surface area contributed by atoms with Crippen LogP contribution < -0.4 is 10.2 Å². The van der Waals surface area contributed by atoms with Gasteiger partial charge < -0.3 is 10.2 Å². The Morgan fingerprint density at radius 2 is 1.96 bits per heavy atom. The van der Waals surface area contributed by atoms with Crippen molar-refractivity contribution in [1.82, 2.24) is 9.97 Å². The first-order valence-electron chi connectivity index (χ1n) is 8.77. The molecule has 1 aromatic carbocycles. The summed E-state index contributed by atoms with van der Waals surface area (Å²) in [5.74, 6) is 1.96. The fourth-order valence-electron chi connectivity index (χ4n) is 3.27. The molecule has 0 spiro atoms. The molecular weight excluding hydrogens is 317 g/mol. The number of halogens is 1. The topological polar surface area (TPSA) is 64.8 Å². The Morgan fingerprint density at radius 3 is 2.64 bits per heavy atom. The van der Waals surface area contributed by atoms with Crippen LogP contribution in [0.25, 0.3) is 0 Å². The van der Waals surface area contributed by atoms with Crippen molar-refractivity contribution in [1.29, 1.82) is 5.26 Å². The number of nitrogens with zero attached hydrogens (tertiary/aromatic N) is 4. The maximum atomic E-state index is 13.8. The zero-order chi connectivity index (χ0) is 17.2. The third-order valence-electron chi connectivity index (χ3n) is 4.90. The van der Waals surface area contributed by atoms with Crippen molar-refractivity contribution in [2.24, 2.45) is 0 Å². The SMILES string of the molecule is N#Cc1ccc(N2CCC(Nc3ccnc(C4CC4)n3)CC2)cc1F. The summed E-state index contributed by atoms with van der Waals surface area (Å²) in [4.78, 5) is 11.1. The minimum atomic E-state index is -0.450. The minimum Gasteiger partial charge on any atom is -0.371 e. The monoisotopic (exact) mass is 337 g/mol. The van der Waals surface area contributed by atoms with Gasteiger partial charge in [0.1, 0.15) is 23.5 Å². The molecule has 1 aliphatic heterocycles. The molecule has 1 saturated heterocycles. The van der Waals surface area contributed by atoms with E-state index in [9.17, 15) is 4.39 Å². The lowest BCUT2D eigenvalue weighted by atomic mass is 10.0. The summed E-state index contributed by atoms with van der Waals surface area (Å²) in [5, 5.41) is 12.3. The van der Waals surface area contributed by atoms with E-state index < -0.39 is 5.82 Å². The molecule has 6 heteroatoms. The molecule has 1 saturated carbocycles. The van der Waals surface area contributed by atoms with Gasteiger partial charge in [-0.05, 0) is 49.9 Å². The summed E-state index contributed by atoms with van der Waals surface area (Å²) >= 11 is 0. The number of nitriles is 1. The third-order valence-corrected chi connectivity index (χ3v) is 4.90. The molecule has 2 fully saturated rings. The normalized spacial score (nSPS) is 18.0. The van der Waals surface area contributed by atoms with Crippen LogP contribution in [-0.4, -0.2) is 29.1 Å². The summed E-state index contributed by atoms with van der Waals surface area (Å²) in [6, 6.07) is 8.98. The maximum absolute atomic E-state index is 13.8. The largest absolute Gasteiger partial charge is 0.371 e. The van der Waals surface area contributed by atoms with Crippen LogP contribution in [0.1, 0.15) is 43.0 Å². The number of hydrogen-bond donors (Lipinski definition) is 1. The predicted octanol–water partition coefficient (Wildman–Crippen LogP) is 3.45. The molecule has 0 bridgehead atoms. The zero-order valence-electron chi connectivity index (χ0n) is 14.0. The first kappa shape index (κ1) is 15.8. The van der Waals surface area contributed by atoms with Crippen molar-refractivity contribution in [2.45, 2.75) is 37.6 Å². The van der Waals surface area contributed by atoms with Crippen molar-refractivity contribution in [3.8, 4) is 6.07 Å². The number of nitrogens with one attached hydrogen (secondary N) is 1. The number of piperidine rings is 1. The number of anilines is 2. The van der Waals surface area contributed by atoms with E-state index in [4.69, 9.17) is 5.26 Å². The van der Waals surface area contributed by atoms with Crippen molar-refractivity contribution < 1.29 is 4.39 Å². The van der Waals surface area contributed by atoms with Gasteiger partial charge >= 0.3 is 0 Å². The van der Waals surface area contributed by atoms with E-state index in [2.05, 4.69) is 20.2 Å². The van der Waals surface area contributed by atoms with Crippen LogP contribution in [0.2, 0.25) is 0 Å². The molecule has 2 aliphatic rings. The van der Waals surface area contributed by atoms with Crippen LogP contribution in [-0.2, 0) is 0 Å². The highest BCUT2D eigenvalue weighted by Gasteiger charge is 2.27. The summed E-state index contributed by atoms with van der Waals surface area (Å²) in [7, 11) is 0. The van der Waals surface area contributed by atoms with E-state index >= 15 is 0 Å². The van der Waals surface area contributed by atoms with Crippen LogP contribution in [0.15, 0.2) is 30.5 Å². The Labute approximate surface area is 146 Å². The highest BCUT2D eigenvalue weighted by Crippen LogP contribution is 2.38. The van der Waals surface area contributed by atoms with E-state index in [1.165, 1.54) is 18.9 Å². The lowest BCUT2D eigenvalue weighted by Crippen LogP contribution is -2.39. The molecule has 0 amide bonds. The molecule has 1 N–H and O–H groups in total. The fourth-order valence-corrected chi connectivity index (χ4v) is 3.27. The summed E-state index contributed by atoms with van der Waals surface area (Å²) < 4.78 is 13.8. The van der Waals surface area contributed by atoms with Crippen LogP contribution >= 0.6 is 0 Å². The Kier molecular flexibility index (Phi) is 4.22.